The topological polar surface area (TPSA) is 96.4 Å². The summed E-state index contributed by atoms with van der Waals surface area (Å²) in [4.78, 5) is 28.2. The van der Waals surface area contributed by atoms with E-state index < -0.39 is 6.61 Å². The van der Waals surface area contributed by atoms with Gasteiger partial charge in [-0.2, -0.15) is 14.0 Å². The molecule has 188 valence electrons. The Kier molecular flexibility index (Phi) is 6.71. The predicted octanol–water partition coefficient (Wildman–Crippen LogP) is 4.78. The van der Waals surface area contributed by atoms with Crippen LogP contribution in [0.4, 0.5) is 14.5 Å². The van der Waals surface area contributed by atoms with E-state index in [4.69, 9.17) is 0 Å². The van der Waals surface area contributed by atoms with Crippen LogP contribution < -0.4 is 10.5 Å². The first-order valence-electron chi connectivity index (χ1n) is 12.0. The Morgan fingerprint density at radius 1 is 1.25 bits per heavy atom. The van der Waals surface area contributed by atoms with Crippen LogP contribution in [0.2, 0.25) is 0 Å². The largest absolute Gasteiger partial charge is 0.407 e. The summed E-state index contributed by atoms with van der Waals surface area (Å²) in [6.45, 7) is -2.98. The van der Waals surface area contributed by atoms with Gasteiger partial charge in [0, 0.05) is 43.4 Å². The first kappa shape index (κ1) is 24.3. The average Bonchev–Trinajstić information content (AvgIpc) is 3.63. The molecule has 2 saturated carbocycles. The molecule has 3 aromatic rings. The number of fused-ring (bicyclic) bond motifs is 1. The number of anilines is 1. The second kappa shape index (κ2) is 9.93. The number of halogens is 2. The van der Waals surface area contributed by atoms with Crippen LogP contribution in [0.15, 0.2) is 33.5 Å². The first-order valence-corrected chi connectivity index (χ1v) is 12.8. The minimum Gasteiger partial charge on any atom is -0.370 e. The van der Waals surface area contributed by atoms with Crippen molar-refractivity contribution in [1.29, 1.82) is 5.26 Å². The van der Waals surface area contributed by atoms with Crippen molar-refractivity contribution in [1.82, 2.24) is 14.5 Å². The van der Waals surface area contributed by atoms with Crippen LogP contribution in [0.3, 0.4) is 0 Å². The van der Waals surface area contributed by atoms with E-state index in [2.05, 4.69) is 30.9 Å². The van der Waals surface area contributed by atoms with Gasteiger partial charge in [0.15, 0.2) is 0 Å². The van der Waals surface area contributed by atoms with Crippen LogP contribution in [0.5, 0.6) is 0 Å². The van der Waals surface area contributed by atoms with Crippen molar-refractivity contribution >= 4 is 33.8 Å². The number of hydrogen-bond donors (Lipinski definition) is 0. The summed E-state index contributed by atoms with van der Waals surface area (Å²) in [5.74, 6) is 0.431. The Hall–Kier alpha value is -3.39. The Bertz CT molecular complexity index is 1400. The number of pyridine rings is 2. The molecule has 0 radical (unpaired) electrons. The number of aromatic nitrogens is 3. The van der Waals surface area contributed by atoms with Crippen molar-refractivity contribution in [2.24, 2.45) is 18.1 Å². The highest BCUT2D eigenvalue weighted by Crippen LogP contribution is 2.42. The number of thiazole rings is 1. The van der Waals surface area contributed by atoms with Gasteiger partial charge in [-0.25, -0.2) is 9.97 Å². The van der Waals surface area contributed by atoms with Gasteiger partial charge >= 0.3 is 6.61 Å². The smallest absolute Gasteiger partial charge is 0.370 e. The summed E-state index contributed by atoms with van der Waals surface area (Å²) < 4.78 is 27.1. The minimum atomic E-state index is -2.98. The summed E-state index contributed by atoms with van der Waals surface area (Å²) in [5, 5.41) is 16.1. The molecule has 11 heteroatoms. The fourth-order valence-corrected chi connectivity index (χ4v) is 5.91. The van der Waals surface area contributed by atoms with Crippen molar-refractivity contribution in [3.8, 4) is 6.07 Å². The number of nitriles is 1. The number of hydrogen-bond acceptors (Lipinski definition) is 8. The van der Waals surface area contributed by atoms with Crippen LogP contribution in [0, 0.1) is 17.2 Å². The van der Waals surface area contributed by atoms with Gasteiger partial charge in [-0.05, 0) is 50.7 Å². The Morgan fingerprint density at radius 3 is 2.67 bits per heavy atom. The third-order valence-corrected chi connectivity index (χ3v) is 8.14. The molecule has 0 atom stereocenters. The summed E-state index contributed by atoms with van der Waals surface area (Å²) in [6, 6.07) is 7.08. The van der Waals surface area contributed by atoms with Gasteiger partial charge in [-0.3, -0.25) is 4.79 Å². The molecule has 5 rings (SSSR count). The molecule has 0 saturated heterocycles. The standard InChI is InChI=1S/C25H26F2N6O2S/c1-32(20-11-21(34)33(2)19-10-7-16(12-28)29-23(19)20)17-8-5-14(6-9-17)22(31-35-25(26)27)18-13-36-24(30-18)15-3-4-15/h7,10-11,13-15,17,25H,3-6,8-9H2,1-2H3/b31-22-. The predicted molar refractivity (Wildman–Crippen MR) is 134 cm³/mol. The number of rotatable bonds is 7. The fourth-order valence-electron chi connectivity index (χ4n) is 4.93. The zero-order valence-corrected chi connectivity index (χ0v) is 20.8. The lowest BCUT2D eigenvalue weighted by Crippen LogP contribution is -2.38. The molecular formula is C25H26F2N6O2S. The number of oxime groups is 1. The Balaban J connectivity index is 1.37. The van der Waals surface area contributed by atoms with E-state index in [1.807, 2.05) is 12.4 Å². The first-order chi connectivity index (χ1) is 17.4. The van der Waals surface area contributed by atoms with Crippen molar-refractivity contribution in [2.45, 2.75) is 57.1 Å². The number of alkyl halides is 2. The third-order valence-electron chi connectivity index (χ3n) is 7.14. The van der Waals surface area contributed by atoms with Crippen LogP contribution in [-0.4, -0.2) is 39.9 Å². The van der Waals surface area contributed by atoms with Crippen molar-refractivity contribution in [2.75, 3.05) is 11.9 Å². The summed E-state index contributed by atoms with van der Waals surface area (Å²) >= 11 is 1.55. The molecule has 0 unspecified atom stereocenters. The molecule has 8 nitrogen and oxygen atoms in total. The lowest BCUT2D eigenvalue weighted by molar-refractivity contribution is -0.128. The van der Waals surface area contributed by atoms with Gasteiger partial charge in [0.25, 0.3) is 5.56 Å². The van der Waals surface area contributed by atoms with Crippen LogP contribution >= 0.6 is 11.3 Å². The zero-order valence-electron chi connectivity index (χ0n) is 20.0. The van der Waals surface area contributed by atoms with E-state index in [1.54, 1.807) is 36.6 Å². The van der Waals surface area contributed by atoms with E-state index in [1.165, 1.54) is 4.57 Å². The molecule has 0 aliphatic heterocycles. The van der Waals surface area contributed by atoms with Crippen LogP contribution in [-0.2, 0) is 11.9 Å². The number of aryl methyl sites for hydroxylation is 1. The average molecular weight is 513 g/mol. The van der Waals surface area contributed by atoms with Crippen LogP contribution in [0.25, 0.3) is 11.0 Å². The van der Waals surface area contributed by atoms with Crippen LogP contribution in [0.1, 0.15) is 60.8 Å². The van der Waals surface area contributed by atoms with E-state index in [0.717, 1.165) is 43.5 Å². The highest BCUT2D eigenvalue weighted by molar-refractivity contribution is 7.10. The SMILES string of the molecule is CN(c1cc(=O)n(C)c2ccc(C#N)nc12)C1CCC(/C(=N/OC(F)F)c2csc(C3CC3)n2)CC1. The highest BCUT2D eigenvalue weighted by Gasteiger charge is 2.32. The molecule has 3 heterocycles. The van der Waals surface area contributed by atoms with Gasteiger partial charge < -0.3 is 14.3 Å². The molecule has 2 aliphatic rings. The number of nitrogens with zero attached hydrogens (tertiary/aromatic N) is 6. The maximum atomic E-state index is 12.8. The summed E-state index contributed by atoms with van der Waals surface area (Å²) in [6.07, 6.45) is 5.21. The third kappa shape index (κ3) is 4.82. The lowest BCUT2D eigenvalue weighted by Gasteiger charge is -2.36. The second-order valence-electron chi connectivity index (χ2n) is 9.41. The molecule has 3 aromatic heterocycles. The molecule has 2 fully saturated rings. The maximum absolute atomic E-state index is 12.8. The minimum absolute atomic E-state index is 0.0498. The van der Waals surface area contributed by atoms with Crippen molar-refractivity contribution in [3.63, 3.8) is 0 Å². The maximum Gasteiger partial charge on any atom is 0.407 e. The van der Waals surface area contributed by atoms with Crippen molar-refractivity contribution in [3.05, 3.63) is 50.3 Å². The zero-order chi connectivity index (χ0) is 25.4. The van der Waals surface area contributed by atoms with Gasteiger partial charge in [-0.1, -0.05) is 5.16 Å². The Morgan fingerprint density at radius 2 is 2.00 bits per heavy atom. The highest BCUT2D eigenvalue weighted by atomic mass is 32.1. The quantitative estimate of drug-likeness (QED) is 0.334. The van der Waals surface area contributed by atoms with E-state index >= 15 is 0 Å². The van der Waals surface area contributed by atoms with Gasteiger partial charge in [0.1, 0.15) is 23.0 Å². The van der Waals surface area contributed by atoms with Gasteiger partial charge in [-0.15, -0.1) is 11.3 Å². The molecule has 0 bridgehead atoms. The summed E-state index contributed by atoms with van der Waals surface area (Å²) in [5.41, 5.74) is 3.18. The van der Waals surface area contributed by atoms with E-state index in [9.17, 15) is 18.8 Å². The molecule has 2 aliphatic carbocycles. The molecule has 0 amide bonds. The Labute approximate surface area is 210 Å². The van der Waals surface area contributed by atoms with Gasteiger partial charge in [0.05, 0.1) is 21.9 Å². The normalized spacial score (nSPS) is 20.5. The molecule has 0 aromatic carbocycles. The monoisotopic (exact) mass is 512 g/mol. The molecule has 0 N–H and O–H groups in total. The van der Waals surface area contributed by atoms with E-state index in [-0.39, 0.29) is 23.2 Å². The summed E-state index contributed by atoms with van der Waals surface area (Å²) in [7, 11) is 3.61. The lowest BCUT2D eigenvalue weighted by atomic mass is 9.81. The van der Waals surface area contributed by atoms with Gasteiger partial charge in [0.2, 0.25) is 0 Å². The molecule has 0 spiro atoms. The second-order valence-corrected chi connectivity index (χ2v) is 10.3. The fraction of sp³-hybridized carbons (Fsp3) is 0.480. The molecule has 36 heavy (non-hydrogen) atoms. The van der Waals surface area contributed by atoms with Crippen molar-refractivity contribution < 1.29 is 13.6 Å². The van der Waals surface area contributed by atoms with E-state index in [0.29, 0.717) is 34.0 Å². The molecular weight excluding hydrogens is 486 g/mol.